The second kappa shape index (κ2) is 9.93. The molecular weight excluding hydrogens is 384 g/mol. The molecule has 0 fully saturated rings. The van der Waals surface area contributed by atoms with E-state index >= 15 is 0 Å². The van der Waals surface area contributed by atoms with E-state index in [9.17, 15) is 9.59 Å². The summed E-state index contributed by atoms with van der Waals surface area (Å²) in [5, 5.41) is 15.1. The van der Waals surface area contributed by atoms with Crippen molar-refractivity contribution in [2.75, 3.05) is 5.32 Å². The van der Waals surface area contributed by atoms with Gasteiger partial charge in [0.1, 0.15) is 11.0 Å². The second-order valence-electron chi connectivity index (χ2n) is 6.86. The van der Waals surface area contributed by atoms with Gasteiger partial charge >= 0.3 is 0 Å². The fourth-order valence-corrected chi connectivity index (χ4v) is 3.61. The first-order chi connectivity index (χ1) is 14.1. The van der Waals surface area contributed by atoms with Crippen molar-refractivity contribution in [1.82, 2.24) is 15.5 Å². The van der Waals surface area contributed by atoms with E-state index in [0.717, 1.165) is 22.6 Å². The van der Waals surface area contributed by atoms with Gasteiger partial charge in [-0.15, -0.1) is 10.2 Å². The van der Waals surface area contributed by atoms with Crippen molar-refractivity contribution < 1.29 is 9.59 Å². The summed E-state index contributed by atoms with van der Waals surface area (Å²) in [6.45, 7) is 3.94. The molecule has 0 saturated carbocycles. The molecule has 0 radical (unpaired) electrons. The van der Waals surface area contributed by atoms with Gasteiger partial charge in [-0.2, -0.15) is 0 Å². The van der Waals surface area contributed by atoms with Crippen LogP contribution in [0.15, 0.2) is 60.7 Å². The molecule has 1 aromatic heterocycles. The van der Waals surface area contributed by atoms with Gasteiger partial charge in [0, 0.05) is 5.56 Å². The number of aromatic nitrogens is 2. The Morgan fingerprint density at radius 1 is 1.00 bits per heavy atom. The lowest BCUT2D eigenvalue weighted by molar-refractivity contribution is -0.127. The topological polar surface area (TPSA) is 84.0 Å². The number of nitrogens with zero attached hydrogens (tertiary/aromatic N) is 2. The number of amides is 2. The summed E-state index contributed by atoms with van der Waals surface area (Å²) >= 11 is 1.31. The Morgan fingerprint density at radius 3 is 2.31 bits per heavy atom. The van der Waals surface area contributed by atoms with Crippen LogP contribution in [0.1, 0.15) is 25.8 Å². The van der Waals surface area contributed by atoms with Gasteiger partial charge in [-0.3, -0.25) is 14.9 Å². The summed E-state index contributed by atoms with van der Waals surface area (Å²) < 4.78 is 0. The molecule has 0 aliphatic carbocycles. The molecule has 3 rings (SSSR count). The molecule has 0 saturated heterocycles. The lowest BCUT2D eigenvalue weighted by Gasteiger charge is -2.23. The number of rotatable bonds is 8. The van der Waals surface area contributed by atoms with E-state index in [1.54, 1.807) is 0 Å². The Balaban J connectivity index is 1.66. The third-order valence-electron chi connectivity index (χ3n) is 4.70. The first-order valence-corrected chi connectivity index (χ1v) is 10.4. The Morgan fingerprint density at radius 2 is 1.66 bits per heavy atom. The number of hydrogen-bond acceptors (Lipinski definition) is 5. The van der Waals surface area contributed by atoms with E-state index in [0.29, 0.717) is 5.13 Å². The normalized spacial score (nSPS) is 12.8. The fraction of sp³-hybridized carbons (Fsp3) is 0.273. The molecule has 6 nitrogen and oxygen atoms in total. The Labute approximate surface area is 174 Å². The molecule has 2 N–H and O–H groups in total. The summed E-state index contributed by atoms with van der Waals surface area (Å²) in [6, 6.07) is 18.5. The van der Waals surface area contributed by atoms with Gasteiger partial charge in [0.15, 0.2) is 0 Å². The summed E-state index contributed by atoms with van der Waals surface area (Å²) in [5.41, 5.74) is 1.85. The first-order valence-electron chi connectivity index (χ1n) is 9.60. The Hall–Kier alpha value is -3.06. The van der Waals surface area contributed by atoms with Crippen molar-refractivity contribution >= 4 is 28.3 Å². The third kappa shape index (κ3) is 5.71. The predicted octanol–water partition coefficient (Wildman–Crippen LogP) is 3.92. The van der Waals surface area contributed by atoms with E-state index in [1.165, 1.54) is 11.3 Å². The van der Waals surface area contributed by atoms with E-state index in [4.69, 9.17) is 0 Å². The monoisotopic (exact) mass is 408 g/mol. The van der Waals surface area contributed by atoms with E-state index in [-0.39, 0.29) is 24.2 Å². The highest BCUT2D eigenvalue weighted by molar-refractivity contribution is 7.18. The van der Waals surface area contributed by atoms with E-state index < -0.39 is 6.04 Å². The van der Waals surface area contributed by atoms with Crippen LogP contribution in [-0.4, -0.2) is 28.1 Å². The number of carbonyl (C=O) groups is 2. The third-order valence-corrected chi connectivity index (χ3v) is 5.58. The maximum Gasteiger partial charge on any atom is 0.249 e. The minimum Gasteiger partial charge on any atom is -0.344 e. The van der Waals surface area contributed by atoms with Crippen LogP contribution in [0.3, 0.4) is 0 Å². The molecule has 0 spiro atoms. The highest BCUT2D eigenvalue weighted by atomic mass is 32.1. The van der Waals surface area contributed by atoms with Crippen LogP contribution in [0.25, 0.3) is 10.6 Å². The van der Waals surface area contributed by atoms with Crippen molar-refractivity contribution in [2.24, 2.45) is 5.92 Å². The lowest BCUT2D eigenvalue weighted by atomic mass is 9.98. The van der Waals surface area contributed by atoms with Gasteiger partial charge in [0.2, 0.25) is 16.9 Å². The van der Waals surface area contributed by atoms with Crippen molar-refractivity contribution in [2.45, 2.75) is 32.7 Å². The van der Waals surface area contributed by atoms with E-state index in [1.807, 2.05) is 74.5 Å². The van der Waals surface area contributed by atoms with Crippen molar-refractivity contribution in [3.05, 3.63) is 66.2 Å². The van der Waals surface area contributed by atoms with Gasteiger partial charge in [0.05, 0.1) is 6.42 Å². The zero-order valence-electron chi connectivity index (χ0n) is 16.5. The van der Waals surface area contributed by atoms with Crippen LogP contribution in [0.2, 0.25) is 0 Å². The second-order valence-corrected chi connectivity index (χ2v) is 7.84. The Bertz CT molecular complexity index is 944. The van der Waals surface area contributed by atoms with Crippen LogP contribution in [-0.2, 0) is 16.0 Å². The maximum absolute atomic E-state index is 12.9. The van der Waals surface area contributed by atoms with E-state index in [2.05, 4.69) is 20.8 Å². The number of anilines is 1. The van der Waals surface area contributed by atoms with Crippen molar-refractivity contribution in [3.63, 3.8) is 0 Å². The molecule has 0 unspecified atom stereocenters. The molecule has 2 amide bonds. The number of hydrogen-bond donors (Lipinski definition) is 2. The number of nitrogens with one attached hydrogen (secondary N) is 2. The summed E-state index contributed by atoms with van der Waals surface area (Å²) in [4.78, 5) is 25.3. The van der Waals surface area contributed by atoms with Crippen LogP contribution in [0.5, 0.6) is 0 Å². The number of benzene rings is 2. The van der Waals surface area contributed by atoms with Gasteiger partial charge in [0.25, 0.3) is 0 Å². The quantitative estimate of drug-likeness (QED) is 0.592. The average molecular weight is 409 g/mol. The minimum atomic E-state index is -0.639. The SMILES string of the molecule is CC[C@@H](C)[C@H](NC(=O)Cc1ccccc1)C(=O)Nc1nnc(-c2ccccc2)s1. The molecule has 2 atom stereocenters. The van der Waals surface area contributed by atoms with Gasteiger partial charge in [-0.25, -0.2) is 0 Å². The summed E-state index contributed by atoms with van der Waals surface area (Å²) in [6.07, 6.45) is 0.993. The highest BCUT2D eigenvalue weighted by Crippen LogP contribution is 2.26. The highest BCUT2D eigenvalue weighted by Gasteiger charge is 2.27. The van der Waals surface area contributed by atoms with Crippen LogP contribution < -0.4 is 10.6 Å². The number of carbonyl (C=O) groups excluding carboxylic acids is 2. The zero-order chi connectivity index (χ0) is 20.6. The molecular formula is C22H24N4O2S. The summed E-state index contributed by atoms with van der Waals surface area (Å²) in [7, 11) is 0. The molecule has 7 heteroatoms. The largest absolute Gasteiger partial charge is 0.344 e. The first kappa shape index (κ1) is 20.7. The Kier molecular flexibility index (Phi) is 7.08. The zero-order valence-corrected chi connectivity index (χ0v) is 17.3. The predicted molar refractivity (Wildman–Crippen MR) is 116 cm³/mol. The fourth-order valence-electron chi connectivity index (χ4n) is 2.86. The molecule has 3 aromatic rings. The van der Waals surface area contributed by atoms with Crippen molar-refractivity contribution in [1.29, 1.82) is 0 Å². The van der Waals surface area contributed by atoms with Crippen LogP contribution in [0.4, 0.5) is 5.13 Å². The van der Waals surface area contributed by atoms with Crippen molar-refractivity contribution in [3.8, 4) is 10.6 Å². The molecule has 1 heterocycles. The van der Waals surface area contributed by atoms with Gasteiger partial charge in [-0.05, 0) is 11.5 Å². The summed E-state index contributed by atoms with van der Waals surface area (Å²) in [5.74, 6) is -0.480. The molecule has 150 valence electrons. The van der Waals surface area contributed by atoms with Gasteiger partial charge < -0.3 is 5.32 Å². The van der Waals surface area contributed by atoms with Gasteiger partial charge in [-0.1, -0.05) is 92.3 Å². The maximum atomic E-state index is 12.9. The van der Waals surface area contributed by atoms with Crippen LogP contribution in [0, 0.1) is 5.92 Å². The molecule has 0 aliphatic heterocycles. The molecule has 2 aromatic carbocycles. The molecule has 0 aliphatic rings. The van der Waals surface area contributed by atoms with Crippen LogP contribution >= 0.6 is 11.3 Å². The minimum absolute atomic E-state index is 0.0174. The lowest BCUT2D eigenvalue weighted by Crippen LogP contribution is -2.48. The average Bonchev–Trinajstić information content (AvgIpc) is 3.21. The standard InChI is InChI=1S/C22H24N4O2S/c1-3-15(2)19(23-18(27)14-16-10-6-4-7-11-16)20(28)24-22-26-25-21(29-22)17-12-8-5-9-13-17/h4-13,15,19H,3,14H2,1-2H3,(H,23,27)(H,24,26,28)/t15-,19+/m1/s1. The molecule has 29 heavy (non-hydrogen) atoms. The molecule has 0 bridgehead atoms. The smallest absolute Gasteiger partial charge is 0.249 e.